The van der Waals surface area contributed by atoms with E-state index in [2.05, 4.69) is 5.32 Å². The van der Waals surface area contributed by atoms with E-state index in [1.165, 1.54) is 0 Å². The van der Waals surface area contributed by atoms with Gasteiger partial charge in [0, 0.05) is 0 Å². The number of hydrogen-bond acceptors (Lipinski definition) is 4. The molecule has 1 rings (SSSR count). The molecule has 0 aliphatic heterocycles. The Balaban J connectivity index is 2.60. The lowest BCUT2D eigenvalue weighted by Gasteiger charge is -2.09. The summed E-state index contributed by atoms with van der Waals surface area (Å²) in [6.45, 7) is 1.04. The predicted octanol–water partition coefficient (Wildman–Crippen LogP) is 2.41. The first-order valence-electron chi connectivity index (χ1n) is 5.31. The van der Waals surface area contributed by atoms with Crippen molar-refractivity contribution in [1.82, 2.24) is 5.32 Å². The van der Waals surface area contributed by atoms with E-state index in [4.69, 9.17) is 9.47 Å². The Kier molecular flexibility index (Phi) is 6.11. The van der Waals surface area contributed by atoms with E-state index in [1.807, 2.05) is 25.2 Å². The van der Waals surface area contributed by atoms with Crippen molar-refractivity contribution in [2.24, 2.45) is 0 Å². The van der Waals surface area contributed by atoms with Crippen LogP contribution in [-0.2, 0) is 0 Å². The van der Waals surface area contributed by atoms with Gasteiger partial charge in [0.25, 0.3) is 0 Å². The molecule has 0 saturated heterocycles. The summed E-state index contributed by atoms with van der Waals surface area (Å²) >= 11 is 1.80. The van der Waals surface area contributed by atoms with Gasteiger partial charge in [-0.25, -0.2) is 0 Å². The summed E-state index contributed by atoms with van der Waals surface area (Å²) < 4.78 is 10.5. The number of benzene rings is 1. The number of thioether (sulfide) groups is 1. The first kappa shape index (κ1) is 13.2. The zero-order valence-electron chi connectivity index (χ0n) is 10.1. The summed E-state index contributed by atoms with van der Waals surface area (Å²) in [6, 6.07) is 5.87. The first-order chi connectivity index (χ1) is 7.81. The smallest absolute Gasteiger partial charge is 0.132 e. The summed E-state index contributed by atoms with van der Waals surface area (Å²) in [5, 5.41) is 3.14. The minimum Gasteiger partial charge on any atom is -0.497 e. The molecular formula is C12H19NO2S. The van der Waals surface area contributed by atoms with Crippen LogP contribution in [0, 0.1) is 0 Å². The fraction of sp³-hybridized carbons (Fsp3) is 0.500. The summed E-state index contributed by atoms with van der Waals surface area (Å²) in [7, 11) is 5.34. The maximum Gasteiger partial charge on any atom is 0.132 e. The zero-order valence-corrected chi connectivity index (χ0v) is 10.9. The van der Waals surface area contributed by atoms with Gasteiger partial charge >= 0.3 is 0 Å². The highest BCUT2D eigenvalue weighted by molar-refractivity contribution is 7.99. The van der Waals surface area contributed by atoms with Gasteiger partial charge in [-0.1, -0.05) is 0 Å². The van der Waals surface area contributed by atoms with Crippen LogP contribution in [0.4, 0.5) is 0 Å². The van der Waals surface area contributed by atoms with Gasteiger partial charge in [0.05, 0.1) is 19.1 Å². The standard InChI is InChI=1S/C12H19NO2S/c1-13-7-4-8-16-12-9-10(14-2)5-6-11(12)15-3/h5-6,9,13H,4,7-8H2,1-3H3. The third-order valence-electron chi connectivity index (χ3n) is 2.20. The van der Waals surface area contributed by atoms with Crippen molar-refractivity contribution in [3.63, 3.8) is 0 Å². The maximum atomic E-state index is 5.31. The molecule has 0 bridgehead atoms. The molecule has 4 heteroatoms. The topological polar surface area (TPSA) is 30.5 Å². The Labute approximate surface area is 102 Å². The van der Waals surface area contributed by atoms with Crippen molar-refractivity contribution in [1.29, 1.82) is 0 Å². The van der Waals surface area contributed by atoms with Crippen molar-refractivity contribution >= 4 is 11.8 Å². The van der Waals surface area contributed by atoms with Crippen LogP contribution in [0.15, 0.2) is 23.1 Å². The molecule has 0 aromatic heterocycles. The molecule has 3 nitrogen and oxygen atoms in total. The van der Waals surface area contributed by atoms with Gasteiger partial charge < -0.3 is 14.8 Å². The molecule has 0 fully saturated rings. The van der Waals surface area contributed by atoms with E-state index in [1.54, 1.807) is 26.0 Å². The minimum atomic E-state index is 0.872. The van der Waals surface area contributed by atoms with Gasteiger partial charge in [0.1, 0.15) is 11.5 Å². The second kappa shape index (κ2) is 7.41. The third kappa shape index (κ3) is 3.94. The summed E-state index contributed by atoms with van der Waals surface area (Å²) in [5.41, 5.74) is 0. The Hall–Kier alpha value is -0.870. The highest BCUT2D eigenvalue weighted by Crippen LogP contribution is 2.32. The Morgan fingerprint density at radius 3 is 2.69 bits per heavy atom. The maximum absolute atomic E-state index is 5.31. The van der Waals surface area contributed by atoms with Crippen LogP contribution in [0.1, 0.15) is 6.42 Å². The van der Waals surface area contributed by atoms with Crippen molar-refractivity contribution in [2.75, 3.05) is 33.6 Å². The molecule has 0 heterocycles. The fourth-order valence-electron chi connectivity index (χ4n) is 1.33. The third-order valence-corrected chi connectivity index (χ3v) is 3.32. The van der Waals surface area contributed by atoms with Crippen LogP contribution in [0.2, 0.25) is 0 Å². The highest BCUT2D eigenvalue weighted by Gasteiger charge is 2.05. The highest BCUT2D eigenvalue weighted by atomic mass is 32.2. The van der Waals surface area contributed by atoms with Crippen LogP contribution in [0.5, 0.6) is 11.5 Å². The normalized spacial score (nSPS) is 10.2. The van der Waals surface area contributed by atoms with Gasteiger partial charge in [-0.15, -0.1) is 11.8 Å². The lowest BCUT2D eigenvalue weighted by atomic mass is 10.3. The monoisotopic (exact) mass is 241 g/mol. The molecule has 1 N–H and O–H groups in total. The molecule has 0 aliphatic carbocycles. The number of rotatable bonds is 7. The van der Waals surface area contributed by atoms with E-state index < -0.39 is 0 Å². The lowest BCUT2D eigenvalue weighted by molar-refractivity contribution is 0.394. The van der Waals surface area contributed by atoms with Gasteiger partial charge in [-0.2, -0.15) is 0 Å². The van der Waals surface area contributed by atoms with E-state index in [0.717, 1.165) is 35.1 Å². The van der Waals surface area contributed by atoms with Crippen LogP contribution in [0.25, 0.3) is 0 Å². The van der Waals surface area contributed by atoms with Gasteiger partial charge in [0.2, 0.25) is 0 Å². The largest absolute Gasteiger partial charge is 0.497 e. The van der Waals surface area contributed by atoms with Gasteiger partial charge in [0.15, 0.2) is 0 Å². The summed E-state index contributed by atoms with van der Waals surface area (Å²) in [6.07, 6.45) is 1.14. The zero-order chi connectivity index (χ0) is 11.8. The molecule has 1 aromatic rings. The molecule has 0 saturated carbocycles. The summed E-state index contributed by atoms with van der Waals surface area (Å²) in [5.74, 6) is 2.86. The van der Waals surface area contributed by atoms with Gasteiger partial charge in [-0.05, 0) is 44.0 Å². The average Bonchev–Trinajstić information content (AvgIpc) is 2.34. The molecule has 0 radical (unpaired) electrons. The Morgan fingerprint density at radius 1 is 1.25 bits per heavy atom. The number of nitrogens with one attached hydrogen (secondary N) is 1. The number of ether oxygens (including phenoxy) is 2. The van der Waals surface area contributed by atoms with Crippen molar-refractivity contribution in [3.8, 4) is 11.5 Å². The first-order valence-corrected chi connectivity index (χ1v) is 6.29. The van der Waals surface area contributed by atoms with Crippen LogP contribution < -0.4 is 14.8 Å². The molecule has 0 amide bonds. The predicted molar refractivity (Wildman–Crippen MR) is 68.8 cm³/mol. The van der Waals surface area contributed by atoms with Gasteiger partial charge in [-0.3, -0.25) is 0 Å². The number of hydrogen-bond donors (Lipinski definition) is 1. The Morgan fingerprint density at radius 2 is 2.06 bits per heavy atom. The quantitative estimate of drug-likeness (QED) is 0.586. The molecule has 0 spiro atoms. The fourth-order valence-corrected chi connectivity index (χ4v) is 2.33. The molecule has 1 aromatic carbocycles. The second-order valence-electron chi connectivity index (χ2n) is 3.32. The minimum absolute atomic E-state index is 0.872. The van der Waals surface area contributed by atoms with E-state index in [0.29, 0.717) is 0 Å². The molecular weight excluding hydrogens is 222 g/mol. The molecule has 16 heavy (non-hydrogen) atoms. The van der Waals surface area contributed by atoms with E-state index in [-0.39, 0.29) is 0 Å². The lowest BCUT2D eigenvalue weighted by Crippen LogP contribution is -2.08. The van der Waals surface area contributed by atoms with Crippen LogP contribution in [-0.4, -0.2) is 33.6 Å². The van der Waals surface area contributed by atoms with Crippen molar-refractivity contribution < 1.29 is 9.47 Å². The molecule has 0 unspecified atom stereocenters. The SMILES string of the molecule is CNCCCSc1cc(OC)ccc1OC. The second-order valence-corrected chi connectivity index (χ2v) is 4.46. The average molecular weight is 241 g/mol. The molecule has 0 aliphatic rings. The molecule has 0 atom stereocenters. The molecule has 90 valence electrons. The summed E-state index contributed by atoms with van der Waals surface area (Å²) in [4.78, 5) is 1.14. The van der Waals surface area contributed by atoms with E-state index >= 15 is 0 Å². The Bertz CT molecular complexity index is 318. The van der Waals surface area contributed by atoms with Crippen molar-refractivity contribution in [2.45, 2.75) is 11.3 Å². The van der Waals surface area contributed by atoms with Crippen LogP contribution in [0.3, 0.4) is 0 Å². The van der Waals surface area contributed by atoms with E-state index in [9.17, 15) is 0 Å². The van der Waals surface area contributed by atoms with Crippen molar-refractivity contribution in [3.05, 3.63) is 18.2 Å². The van der Waals surface area contributed by atoms with Crippen LogP contribution >= 0.6 is 11.8 Å². The number of methoxy groups -OCH3 is 2.